The average Bonchev–Trinajstić information content (AvgIpc) is 2.94. The van der Waals surface area contributed by atoms with E-state index >= 15 is 0 Å². The van der Waals surface area contributed by atoms with Gasteiger partial charge in [0.25, 0.3) is 0 Å². The molecule has 0 saturated heterocycles. The third kappa shape index (κ3) is 2.28. The second-order valence-electron chi connectivity index (χ2n) is 5.13. The Morgan fingerprint density at radius 2 is 2.18 bits per heavy atom. The first-order chi connectivity index (χ1) is 8.18. The van der Waals surface area contributed by atoms with Crippen LogP contribution in [0.1, 0.15) is 44.6 Å². The highest BCUT2D eigenvalue weighted by Gasteiger charge is 2.33. The number of aromatic amines is 1. The molecule has 2 N–H and O–H groups in total. The van der Waals surface area contributed by atoms with E-state index in [2.05, 4.69) is 10.2 Å². The summed E-state index contributed by atoms with van der Waals surface area (Å²) in [5.74, 6) is 0.643. The first-order valence-electron chi connectivity index (χ1n) is 6.20. The maximum atomic E-state index is 11.6. The predicted molar refractivity (Wildman–Crippen MR) is 65.3 cm³/mol. The topological polar surface area (TPSA) is 70.9 Å². The normalized spacial score (nSPS) is 23.1. The Labute approximate surface area is 104 Å². The monoisotopic (exact) mass is 255 g/mol. The van der Waals surface area contributed by atoms with Crippen LogP contribution in [-0.2, 0) is 0 Å². The number of nitrogens with zero attached hydrogens (tertiary/aromatic N) is 2. The average molecular weight is 255 g/mol. The molecule has 1 heterocycles. The van der Waals surface area contributed by atoms with Gasteiger partial charge in [0.15, 0.2) is 5.16 Å². The summed E-state index contributed by atoms with van der Waals surface area (Å²) in [5, 5.41) is 17.5. The molecule has 1 aromatic rings. The van der Waals surface area contributed by atoms with E-state index in [0.717, 1.165) is 43.7 Å². The lowest BCUT2D eigenvalue weighted by atomic mass is 10.1. The number of hydrogen-bond acceptors (Lipinski definition) is 4. The third-order valence-corrected chi connectivity index (χ3v) is 4.82. The van der Waals surface area contributed by atoms with Crippen LogP contribution in [0, 0.1) is 0 Å². The van der Waals surface area contributed by atoms with Crippen LogP contribution in [0.5, 0.6) is 0 Å². The molecule has 2 saturated carbocycles. The summed E-state index contributed by atoms with van der Waals surface area (Å²) in [6.07, 6.45) is 6.09. The fraction of sp³-hybridized carbons (Fsp3) is 0.818. The third-order valence-electron chi connectivity index (χ3n) is 3.59. The Hall–Kier alpha value is -0.750. The van der Waals surface area contributed by atoms with E-state index in [4.69, 9.17) is 0 Å². The number of aromatic nitrogens is 3. The van der Waals surface area contributed by atoms with E-state index in [-0.39, 0.29) is 5.69 Å². The zero-order chi connectivity index (χ0) is 11.9. The van der Waals surface area contributed by atoms with Crippen LogP contribution in [-0.4, -0.2) is 31.2 Å². The standard InChI is InChI=1S/C11H17N3O2S/c15-9-12-13-10(14(9)8-3-4-8)17-7-11(16)5-1-2-6-11/h8,16H,1-7H2,(H,12,15). The van der Waals surface area contributed by atoms with E-state index in [1.165, 1.54) is 11.8 Å². The maximum Gasteiger partial charge on any atom is 0.344 e. The van der Waals surface area contributed by atoms with E-state index in [0.29, 0.717) is 11.8 Å². The van der Waals surface area contributed by atoms with Crippen LogP contribution in [0.25, 0.3) is 0 Å². The fourth-order valence-corrected chi connectivity index (χ4v) is 3.59. The Bertz CT molecular complexity index is 458. The number of thioether (sulfide) groups is 1. The van der Waals surface area contributed by atoms with E-state index in [1.54, 1.807) is 4.57 Å². The summed E-state index contributed by atoms with van der Waals surface area (Å²) in [6.45, 7) is 0. The molecule has 0 unspecified atom stereocenters. The van der Waals surface area contributed by atoms with Gasteiger partial charge in [0.05, 0.1) is 5.60 Å². The Balaban J connectivity index is 1.70. The predicted octanol–water partition coefficient (Wildman–Crippen LogP) is 1.30. The highest BCUT2D eigenvalue weighted by molar-refractivity contribution is 7.99. The molecule has 3 rings (SSSR count). The van der Waals surface area contributed by atoms with Crippen molar-refractivity contribution in [3.8, 4) is 0 Å². The van der Waals surface area contributed by atoms with Crippen molar-refractivity contribution >= 4 is 11.8 Å². The smallest absolute Gasteiger partial charge is 0.344 e. The highest BCUT2D eigenvalue weighted by atomic mass is 32.2. The van der Waals surface area contributed by atoms with Crippen LogP contribution in [0.3, 0.4) is 0 Å². The second-order valence-corrected chi connectivity index (χ2v) is 6.08. The van der Waals surface area contributed by atoms with Gasteiger partial charge in [-0.2, -0.15) is 0 Å². The maximum absolute atomic E-state index is 11.6. The highest BCUT2D eigenvalue weighted by Crippen LogP contribution is 2.38. The Morgan fingerprint density at radius 1 is 1.47 bits per heavy atom. The lowest BCUT2D eigenvalue weighted by Crippen LogP contribution is -2.27. The van der Waals surface area contributed by atoms with Gasteiger partial charge in [0, 0.05) is 11.8 Å². The van der Waals surface area contributed by atoms with Gasteiger partial charge in [0.1, 0.15) is 0 Å². The van der Waals surface area contributed by atoms with Crippen LogP contribution in [0.2, 0.25) is 0 Å². The number of nitrogens with one attached hydrogen (secondary N) is 1. The van der Waals surface area contributed by atoms with Crippen LogP contribution >= 0.6 is 11.8 Å². The molecule has 0 spiro atoms. The first kappa shape index (κ1) is 11.3. The fourth-order valence-electron chi connectivity index (χ4n) is 2.42. The molecule has 1 aromatic heterocycles. The Kier molecular flexibility index (Phi) is 2.78. The van der Waals surface area contributed by atoms with Crippen LogP contribution in [0.4, 0.5) is 0 Å². The van der Waals surface area contributed by atoms with Crippen molar-refractivity contribution in [2.45, 2.75) is 55.3 Å². The molecule has 94 valence electrons. The molecule has 5 nitrogen and oxygen atoms in total. The molecular formula is C11H17N3O2S. The van der Waals surface area contributed by atoms with E-state index in [1.807, 2.05) is 0 Å². The van der Waals surface area contributed by atoms with Gasteiger partial charge >= 0.3 is 5.69 Å². The number of aliphatic hydroxyl groups is 1. The number of rotatable bonds is 4. The number of hydrogen-bond donors (Lipinski definition) is 2. The lowest BCUT2D eigenvalue weighted by molar-refractivity contribution is 0.0732. The molecule has 0 radical (unpaired) electrons. The molecular weight excluding hydrogens is 238 g/mol. The summed E-state index contributed by atoms with van der Waals surface area (Å²) >= 11 is 1.50. The van der Waals surface area contributed by atoms with Crippen LogP contribution < -0.4 is 5.69 Å². The summed E-state index contributed by atoms with van der Waals surface area (Å²) in [7, 11) is 0. The van der Waals surface area contributed by atoms with Crippen molar-refractivity contribution in [1.29, 1.82) is 0 Å². The molecule has 2 aliphatic carbocycles. The summed E-state index contributed by atoms with van der Waals surface area (Å²) in [4.78, 5) is 11.6. The van der Waals surface area contributed by atoms with Crippen molar-refractivity contribution in [2.75, 3.05) is 5.75 Å². The van der Waals surface area contributed by atoms with E-state index < -0.39 is 5.60 Å². The van der Waals surface area contributed by atoms with Gasteiger partial charge in [-0.25, -0.2) is 9.89 Å². The zero-order valence-corrected chi connectivity index (χ0v) is 10.5. The molecule has 6 heteroatoms. The van der Waals surface area contributed by atoms with Crippen molar-refractivity contribution in [3.63, 3.8) is 0 Å². The van der Waals surface area contributed by atoms with Gasteiger partial charge in [-0.05, 0) is 25.7 Å². The molecule has 17 heavy (non-hydrogen) atoms. The van der Waals surface area contributed by atoms with Crippen molar-refractivity contribution < 1.29 is 5.11 Å². The van der Waals surface area contributed by atoms with Gasteiger partial charge in [0.2, 0.25) is 0 Å². The minimum Gasteiger partial charge on any atom is -0.389 e. The minimum absolute atomic E-state index is 0.117. The molecule has 0 aliphatic heterocycles. The molecule has 2 fully saturated rings. The first-order valence-corrected chi connectivity index (χ1v) is 7.19. The molecule has 0 aromatic carbocycles. The van der Waals surface area contributed by atoms with Gasteiger partial charge < -0.3 is 5.11 Å². The summed E-state index contributed by atoms with van der Waals surface area (Å²) in [6, 6.07) is 0.335. The Morgan fingerprint density at radius 3 is 2.82 bits per heavy atom. The summed E-state index contributed by atoms with van der Waals surface area (Å²) in [5.41, 5.74) is -0.665. The molecule has 0 amide bonds. The van der Waals surface area contributed by atoms with Gasteiger partial charge in [-0.15, -0.1) is 5.10 Å². The molecule has 0 atom stereocenters. The molecule has 2 aliphatic rings. The quantitative estimate of drug-likeness (QED) is 0.796. The number of H-pyrrole nitrogens is 1. The van der Waals surface area contributed by atoms with Gasteiger partial charge in [-0.1, -0.05) is 24.6 Å². The second kappa shape index (κ2) is 4.17. The van der Waals surface area contributed by atoms with Crippen molar-refractivity contribution in [3.05, 3.63) is 10.5 Å². The van der Waals surface area contributed by atoms with Gasteiger partial charge in [-0.3, -0.25) is 4.57 Å². The van der Waals surface area contributed by atoms with Crippen molar-refractivity contribution in [2.24, 2.45) is 0 Å². The SMILES string of the molecule is O=c1[nH]nc(SCC2(O)CCCC2)n1C1CC1. The largest absolute Gasteiger partial charge is 0.389 e. The lowest BCUT2D eigenvalue weighted by Gasteiger charge is -2.20. The van der Waals surface area contributed by atoms with E-state index in [9.17, 15) is 9.90 Å². The van der Waals surface area contributed by atoms with Crippen LogP contribution in [0.15, 0.2) is 9.95 Å². The molecule has 0 bridgehead atoms. The summed E-state index contributed by atoms with van der Waals surface area (Å²) < 4.78 is 1.74. The van der Waals surface area contributed by atoms with Crippen molar-refractivity contribution in [1.82, 2.24) is 14.8 Å². The zero-order valence-electron chi connectivity index (χ0n) is 9.69. The minimum atomic E-state index is -0.548.